The number of carbonyl (C=O) groups excluding carboxylic acids is 3. The van der Waals surface area contributed by atoms with Gasteiger partial charge in [-0.1, -0.05) is 6.92 Å². The van der Waals surface area contributed by atoms with E-state index in [-0.39, 0.29) is 18.0 Å². The Morgan fingerprint density at radius 3 is 2.39 bits per heavy atom. The number of carbonyl (C=O) groups is 3. The normalized spacial score (nSPS) is 13.2. The highest BCUT2D eigenvalue weighted by atomic mass is 16.6. The van der Waals surface area contributed by atoms with Crippen LogP contribution in [-0.4, -0.2) is 61.5 Å². The zero-order valence-corrected chi connectivity index (χ0v) is 21.1. The molecule has 0 N–H and O–H groups in total. The fourth-order valence-electron chi connectivity index (χ4n) is 3.98. The lowest BCUT2D eigenvalue weighted by molar-refractivity contribution is 0.0197. The van der Waals surface area contributed by atoms with Gasteiger partial charge in [0.05, 0.1) is 25.0 Å². The summed E-state index contributed by atoms with van der Waals surface area (Å²) in [4.78, 5) is 52.4. The third-order valence-electron chi connectivity index (χ3n) is 5.75. The third-order valence-corrected chi connectivity index (χ3v) is 5.75. The molecule has 0 unspecified atom stereocenters. The van der Waals surface area contributed by atoms with Crippen molar-refractivity contribution < 1.29 is 23.9 Å². The van der Waals surface area contributed by atoms with E-state index < -0.39 is 17.7 Å². The maximum Gasteiger partial charge on any atom is 0.410 e. The SMILES string of the molecule is CCc1nc(C(=O)c2ccc(-c3ccc(C(=O)OC)nc3)nc2)c2n1CCN(C(=O)OC(C)(C)C)C2. The summed E-state index contributed by atoms with van der Waals surface area (Å²) in [6.07, 6.45) is 3.28. The minimum Gasteiger partial charge on any atom is -0.464 e. The second kappa shape index (κ2) is 9.88. The van der Waals surface area contributed by atoms with Gasteiger partial charge >= 0.3 is 12.1 Å². The van der Waals surface area contributed by atoms with Gasteiger partial charge in [-0.3, -0.25) is 9.78 Å². The molecule has 10 nitrogen and oxygen atoms in total. The summed E-state index contributed by atoms with van der Waals surface area (Å²) < 4.78 is 12.2. The Labute approximate surface area is 209 Å². The average Bonchev–Trinajstić information content (AvgIpc) is 3.25. The number of aryl methyl sites for hydroxylation is 1. The molecule has 1 aliphatic heterocycles. The molecule has 0 bridgehead atoms. The Bertz CT molecular complexity index is 1290. The second-order valence-corrected chi connectivity index (χ2v) is 9.42. The lowest BCUT2D eigenvalue weighted by atomic mass is 10.1. The fraction of sp³-hybridized carbons (Fsp3) is 0.385. The summed E-state index contributed by atoms with van der Waals surface area (Å²) in [6, 6.07) is 6.68. The van der Waals surface area contributed by atoms with E-state index in [1.807, 2.05) is 32.3 Å². The number of amides is 1. The van der Waals surface area contributed by atoms with E-state index in [1.54, 1.807) is 29.2 Å². The maximum absolute atomic E-state index is 13.4. The average molecular weight is 492 g/mol. The zero-order valence-electron chi connectivity index (χ0n) is 21.1. The van der Waals surface area contributed by atoms with Crippen LogP contribution in [0, 0.1) is 0 Å². The van der Waals surface area contributed by atoms with Crippen LogP contribution >= 0.6 is 0 Å². The van der Waals surface area contributed by atoms with Crippen LogP contribution in [0.4, 0.5) is 4.79 Å². The number of methoxy groups -OCH3 is 1. The van der Waals surface area contributed by atoms with Gasteiger partial charge in [-0.15, -0.1) is 0 Å². The van der Waals surface area contributed by atoms with E-state index in [4.69, 9.17) is 4.74 Å². The Kier molecular flexibility index (Phi) is 6.87. The monoisotopic (exact) mass is 491 g/mol. The molecular weight excluding hydrogens is 462 g/mol. The van der Waals surface area contributed by atoms with Gasteiger partial charge in [0.25, 0.3) is 0 Å². The van der Waals surface area contributed by atoms with Gasteiger partial charge in [0.1, 0.15) is 22.8 Å². The topological polar surface area (TPSA) is 117 Å². The molecule has 36 heavy (non-hydrogen) atoms. The minimum absolute atomic E-state index is 0.199. The summed E-state index contributed by atoms with van der Waals surface area (Å²) in [5.41, 5.74) is 2.29. The number of ketones is 1. The largest absolute Gasteiger partial charge is 0.464 e. The molecule has 10 heteroatoms. The number of imidazole rings is 1. The van der Waals surface area contributed by atoms with Crippen LogP contribution in [0.2, 0.25) is 0 Å². The first-order valence-electron chi connectivity index (χ1n) is 11.7. The van der Waals surface area contributed by atoms with Crippen molar-refractivity contribution in [2.75, 3.05) is 13.7 Å². The number of hydrogen-bond donors (Lipinski definition) is 0. The van der Waals surface area contributed by atoms with Crippen molar-refractivity contribution in [3.05, 3.63) is 65.1 Å². The molecule has 0 radical (unpaired) electrons. The maximum atomic E-state index is 13.4. The molecule has 3 aromatic rings. The van der Waals surface area contributed by atoms with E-state index >= 15 is 0 Å². The summed E-state index contributed by atoms with van der Waals surface area (Å²) in [5.74, 6) is 0.0248. The molecule has 0 saturated carbocycles. The van der Waals surface area contributed by atoms with Gasteiger partial charge < -0.3 is 18.9 Å². The third kappa shape index (κ3) is 5.12. The van der Waals surface area contributed by atoms with Crippen LogP contribution < -0.4 is 0 Å². The zero-order chi connectivity index (χ0) is 26.0. The minimum atomic E-state index is -0.607. The molecule has 0 fully saturated rings. The highest BCUT2D eigenvalue weighted by Gasteiger charge is 2.31. The summed E-state index contributed by atoms with van der Waals surface area (Å²) >= 11 is 0. The lowest BCUT2D eigenvalue weighted by Gasteiger charge is -2.31. The van der Waals surface area contributed by atoms with Gasteiger partial charge in [-0.2, -0.15) is 0 Å². The standard InChI is InChI=1S/C26H29N5O5/c1-6-21-29-22(20-15-30(11-12-31(20)21)25(34)36-26(2,3)4)23(32)17-8-9-18(27-14-17)16-7-10-19(28-13-16)24(33)35-5/h7-10,13-14H,6,11-12,15H2,1-5H3. The molecule has 3 aromatic heterocycles. The van der Waals surface area contributed by atoms with Gasteiger partial charge in [-0.05, 0) is 45.0 Å². The number of nitrogens with zero attached hydrogens (tertiary/aromatic N) is 5. The van der Waals surface area contributed by atoms with Crippen molar-refractivity contribution in [3.8, 4) is 11.3 Å². The highest BCUT2D eigenvalue weighted by Crippen LogP contribution is 2.24. The highest BCUT2D eigenvalue weighted by molar-refractivity contribution is 6.08. The first kappa shape index (κ1) is 25.0. The molecular formula is C26H29N5O5. The predicted molar refractivity (Wildman–Crippen MR) is 130 cm³/mol. The molecule has 0 spiro atoms. The second-order valence-electron chi connectivity index (χ2n) is 9.42. The number of esters is 1. The van der Waals surface area contributed by atoms with Crippen molar-refractivity contribution in [1.29, 1.82) is 0 Å². The first-order chi connectivity index (χ1) is 17.1. The smallest absolute Gasteiger partial charge is 0.410 e. The molecule has 1 amide bonds. The van der Waals surface area contributed by atoms with Crippen LogP contribution in [0.3, 0.4) is 0 Å². The Morgan fingerprint density at radius 2 is 1.81 bits per heavy atom. The van der Waals surface area contributed by atoms with Gasteiger partial charge in [-0.25, -0.2) is 19.6 Å². The predicted octanol–water partition coefficient (Wildman–Crippen LogP) is 3.67. The van der Waals surface area contributed by atoms with Crippen molar-refractivity contribution in [2.24, 2.45) is 0 Å². The van der Waals surface area contributed by atoms with Crippen molar-refractivity contribution in [1.82, 2.24) is 24.4 Å². The number of hydrogen-bond acceptors (Lipinski definition) is 8. The van der Waals surface area contributed by atoms with E-state index in [9.17, 15) is 14.4 Å². The Morgan fingerprint density at radius 1 is 1.03 bits per heavy atom. The van der Waals surface area contributed by atoms with Crippen LogP contribution in [0.25, 0.3) is 11.3 Å². The number of ether oxygens (including phenoxy) is 2. The molecule has 0 aromatic carbocycles. The van der Waals surface area contributed by atoms with E-state index in [0.29, 0.717) is 47.7 Å². The number of pyridine rings is 2. The van der Waals surface area contributed by atoms with Crippen LogP contribution in [0.15, 0.2) is 36.7 Å². The lowest BCUT2D eigenvalue weighted by Crippen LogP contribution is -2.42. The summed E-state index contributed by atoms with van der Waals surface area (Å²) in [7, 11) is 1.30. The molecule has 4 rings (SSSR count). The van der Waals surface area contributed by atoms with E-state index in [0.717, 1.165) is 5.82 Å². The molecule has 0 saturated heterocycles. The molecule has 0 aliphatic carbocycles. The first-order valence-corrected chi connectivity index (χ1v) is 11.7. The van der Waals surface area contributed by atoms with E-state index in [1.165, 1.54) is 19.5 Å². The Balaban J connectivity index is 1.57. The molecule has 1 aliphatic rings. The van der Waals surface area contributed by atoms with Crippen LogP contribution in [0.1, 0.15) is 65.8 Å². The van der Waals surface area contributed by atoms with Crippen molar-refractivity contribution in [3.63, 3.8) is 0 Å². The quantitative estimate of drug-likeness (QED) is 0.392. The fourth-order valence-corrected chi connectivity index (χ4v) is 3.98. The number of fused-ring (bicyclic) bond motifs is 1. The van der Waals surface area contributed by atoms with E-state index in [2.05, 4.69) is 19.7 Å². The molecule has 188 valence electrons. The molecule has 4 heterocycles. The van der Waals surface area contributed by atoms with Gasteiger partial charge in [0.2, 0.25) is 5.78 Å². The summed E-state index contributed by atoms with van der Waals surface area (Å²) in [5, 5.41) is 0. The van der Waals surface area contributed by atoms with Crippen LogP contribution in [0.5, 0.6) is 0 Å². The van der Waals surface area contributed by atoms with Crippen molar-refractivity contribution >= 4 is 17.8 Å². The van der Waals surface area contributed by atoms with Crippen molar-refractivity contribution in [2.45, 2.75) is 52.8 Å². The molecule has 0 atom stereocenters. The van der Waals surface area contributed by atoms with Gasteiger partial charge in [0, 0.05) is 43.0 Å². The number of aromatic nitrogens is 4. The Hall–Kier alpha value is -4.08. The van der Waals surface area contributed by atoms with Crippen LogP contribution in [-0.2, 0) is 29.0 Å². The van der Waals surface area contributed by atoms with Gasteiger partial charge in [0.15, 0.2) is 0 Å². The summed E-state index contributed by atoms with van der Waals surface area (Å²) in [6.45, 7) is 8.73. The number of rotatable bonds is 5.